The van der Waals surface area contributed by atoms with Gasteiger partial charge in [0.1, 0.15) is 5.82 Å². The Bertz CT molecular complexity index is 1050. The number of thioether (sulfide) groups is 1. The second-order valence-electron chi connectivity index (χ2n) is 6.70. The third-order valence-corrected chi connectivity index (χ3v) is 5.73. The van der Waals surface area contributed by atoms with Crippen LogP contribution in [0.5, 0.6) is 0 Å². The number of anilines is 2. The molecule has 0 atom stereocenters. The summed E-state index contributed by atoms with van der Waals surface area (Å²) < 4.78 is 13.0. The van der Waals surface area contributed by atoms with Gasteiger partial charge in [-0.15, -0.1) is 11.8 Å². The number of nitrogens with one attached hydrogen (secondary N) is 1. The molecule has 29 heavy (non-hydrogen) atoms. The van der Waals surface area contributed by atoms with Gasteiger partial charge in [-0.2, -0.15) is 0 Å². The van der Waals surface area contributed by atoms with E-state index in [1.807, 2.05) is 41.3 Å². The normalized spacial score (nSPS) is 12.5. The molecule has 0 aliphatic carbocycles. The SMILES string of the molecule is O=C(Nc1cccc(SCC(=O)N2CCc3ccccc32)c1)c1ccc(F)cc1. The van der Waals surface area contributed by atoms with Crippen molar-refractivity contribution in [2.75, 3.05) is 22.5 Å². The number of rotatable bonds is 5. The summed E-state index contributed by atoms with van der Waals surface area (Å²) in [5.41, 5.74) is 3.21. The first-order chi connectivity index (χ1) is 14.1. The summed E-state index contributed by atoms with van der Waals surface area (Å²) in [5.74, 6) is -0.299. The van der Waals surface area contributed by atoms with Crippen molar-refractivity contribution in [1.82, 2.24) is 0 Å². The molecule has 1 aliphatic heterocycles. The van der Waals surface area contributed by atoms with E-state index in [2.05, 4.69) is 11.4 Å². The molecule has 1 heterocycles. The maximum atomic E-state index is 13.0. The van der Waals surface area contributed by atoms with Crippen molar-refractivity contribution in [2.45, 2.75) is 11.3 Å². The highest BCUT2D eigenvalue weighted by Crippen LogP contribution is 2.29. The molecular weight excluding hydrogens is 387 g/mol. The van der Waals surface area contributed by atoms with Crippen molar-refractivity contribution in [3.63, 3.8) is 0 Å². The zero-order chi connectivity index (χ0) is 20.2. The largest absolute Gasteiger partial charge is 0.322 e. The number of carbonyl (C=O) groups is 2. The van der Waals surface area contributed by atoms with Crippen LogP contribution in [0.15, 0.2) is 77.7 Å². The van der Waals surface area contributed by atoms with Crippen LogP contribution in [-0.4, -0.2) is 24.1 Å². The predicted octanol–water partition coefficient (Wildman–Crippen LogP) is 4.76. The highest BCUT2D eigenvalue weighted by atomic mass is 32.2. The number of hydrogen-bond acceptors (Lipinski definition) is 3. The monoisotopic (exact) mass is 406 g/mol. The first-order valence-electron chi connectivity index (χ1n) is 9.28. The van der Waals surface area contributed by atoms with E-state index >= 15 is 0 Å². The molecule has 0 radical (unpaired) electrons. The number of nitrogens with zero attached hydrogens (tertiary/aromatic N) is 1. The molecule has 0 aromatic heterocycles. The summed E-state index contributed by atoms with van der Waals surface area (Å²) in [4.78, 5) is 27.7. The fraction of sp³-hybridized carbons (Fsp3) is 0.130. The van der Waals surface area contributed by atoms with Gasteiger partial charge in [0.25, 0.3) is 5.91 Å². The third kappa shape index (κ3) is 4.49. The van der Waals surface area contributed by atoms with Gasteiger partial charge < -0.3 is 10.2 Å². The van der Waals surface area contributed by atoms with Crippen LogP contribution in [0, 0.1) is 5.82 Å². The van der Waals surface area contributed by atoms with E-state index in [-0.39, 0.29) is 17.6 Å². The Labute approximate surface area is 172 Å². The van der Waals surface area contributed by atoms with Gasteiger partial charge in [0.2, 0.25) is 5.91 Å². The van der Waals surface area contributed by atoms with Gasteiger partial charge >= 0.3 is 0 Å². The maximum absolute atomic E-state index is 13.0. The molecule has 1 N–H and O–H groups in total. The maximum Gasteiger partial charge on any atom is 0.255 e. The van der Waals surface area contributed by atoms with Crippen molar-refractivity contribution in [2.24, 2.45) is 0 Å². The van der Waals surface area contributed by atoms with Crippen molar-refractivity contribution >= 4 is 35.0 Å². The summed E-state index contributed by atoms with van der Waals surface area (Å²) in [6.45, 7) is 0.715. The van der Waals surface area contributed by atoms with E-state index in [1.165, 1.54) is 41.6 Å². The van der Waals surface area contributed by atoms with Crippen LogP contribution < -0.4 is 10.2 Å². The minimum Gasteiger partial charge on any atom is -0.322 e. The lowest BCUT2D eigenvalue weighted by molar-refractivity contribution is -0.116. The Morgan fingerprint density at radius 2 is 1.79 bits per heavy atom. The molecule has 3 aromatic rings. The molecule has 6 heteroatoms. The lowest BCUT2D eigenvalue weighted by atomic mass is 10.2. The van der Waals surface area contributed by atoms with Crippen LogP contribution in [0.2, 0.25) is 0 Å². The third-order valence-electron chi connectivity index (χ3n) is 4.75. The summed E-state index contributed by atoms with van der Waals surface area (Å²) in [6.07, 6.45) is 0.886. The molecule has 0 saturated heterocycles. The molecule has 146 valence electrons. The molecule has 0 saturated carbocycles. The van der Waals surface area contributed by atoms with Crippen molar-refractivity contribution in [3.05, 3.63) is 89.7 Å². The van der Waals surface area contributed by atoms with Crippen LogP contribution in [-0.2, 0) is 11.2 Å². The molecule has 4 nitrogen and oxygen atoms in total. The predicted molar refractivity (Wildman–Crippen MR) is 114 cm³/mol. The highest BCUT2D eigenvalue weighted by molar-refractivity contribution is 8.00. The average Bonchev–Trinajstić information content (AvgIpc) is 3.17. The number of benzene rings is 3. The van der Waals surface area contributed by atoms with Gasteiger partial charge in [0.15, 0.2) is 0 Å². The van der Waals surface area contributed by atoms with Gasteiger partial charge in [-0.05, 0) is 60.5 Å². The van der Waals surface area contributed by atoms with E-state index < -0.39 is 0 Å². The van der Waals surface area contributed by atoms with E-state index in [4.69, 9.17) is 0 Å². The zero-order valence-electron chi connectivity index (χ0n) is 15.6. The van der Waals surface area contributed by atoms with E-state index in [9.17, 15) is 14.0 Å². The van der Waals surface area contributed by atoms with E-state index in [1.54, 1.807) is 6.07 Å². The van der Waals surface area contributed by atoms with Gasteiger partial charge in [0.05, 0.1) is 5.75 Å². The Morgan fingerprint density at radius 1 is 1.00 bits per heavy atom. The molecule has 3 aromatic carbocycles. The number of fused-ring (bicyclic) bond motifs is 1. The highest BCUT2D eigenvalue weighted by Gasteiger charge is 2.23. The molecule has 1 aliphatic rings. The molecule has 0 spiro atoms. The van der Waals surface area contributed by atoms with Gasteiger partial charge in [-0.25, -0.2) is 4.39 Å². The van der Waals surface area contributed by atoms with Gasteiger partial charge in [-0.3, -0.25) is 9.59 Å². The fourth-order valence-corrected chi connectivity index (χ4v) is 4.12. The first kappa shape index (κ1) is 19.2. The Balaban J connectivity index is 1.37. The zero-order valence-corrected chi connectivity index (χ0v) is 16.4. The fourth-order valence-electron chi connectivity index (χ4n) is 3.29. The van der Waals surface area contributed by atoms with Crippen LogP contribution in [0.3, 0.4) is 0 Å². The van der Waals surface area contributed by atoms with E-state index in [0.29, 0.717) is 23.5 Å². The molecule has 4 rings (SSSR count). The van der Waals surface area contributed by atoms with Crippen molar-refractivity contribution in [1.29, 1.82) is 0 Å². The molecule has 0 unspecified atom stereocenters. The minimum atomic E-state index is -0.384. The Morgan fingerprint density at radius 3 is 2.62 bits per heavy atom. The van der Waals surface area contributed by atoms with E-state index in [0.717, 1.165) is 17.0 Å². The van der Waals surface area contributed by atoms with Crippen LogP contribution >= 0.6 is 11.8 Å². The van der Waals surface area contributed by atoms with Crippen LogP contribution in [0.4, 0.5) is 15.8 Å². The molecule has 0 fully saturated rings. The van der Waals surface area contributed by atoms with Crippen LogP contribution in [0.25, 0.3) is 0 Å². The summed E-state index contributed by atoms with van der Waals surface area (Å²) in [6, 6.07) is 20.7. The smallest absolute Gasteiger partial charge is 0.255 e. The lowest BCUT2D eigenvalue weighted by Crippen LogP contribution is -2.30. The summed E-state index contributed by atoms with van der Waals surface area (Å²) in [7, 11) is 0. The van der Waals surface area contributed by atoms with Gasteiger partial charge in [0, 0.05) is 28.4 Å². The standard InChI is InChI=1S/C23H19FN2O2S/c24-18-10-8-17(9-11-18)23(28)25-19-5-3-6-20(14-19)29-15-22(27)26-13-12-16-4-1-2-7-21(16)26/h1-11,14H,12-13,15H2,(H,25,28). The van der Waals surface area contributed by atoms with Crippen molar-refractivity contribution < 1.29 is 14.0 Å². The summed E-state index contributed by atoms with van der Waals surface area (Å²) in [5, 5.41) is 2.80. The minimum absolute atomic E-state index is 0.0701. The topological polar surface area (TPSA) is 49.4 Å². The Hall–Kier alpha value is -3.12. The van der Waals surface area contributed by atoms with Crippen molar-refractivity contribution in [3.8, 4) is 0 Å². The lowest BCUT2D eigenvalue weighted by Gasteiger charge is -2.17. The quantitative estimate of drug-likeness (QED) is 0.622. The number of amides is 2. The summed E-state index contributed by atoms with van der Waals surface area (Å²) >= 11 is 1.44. The number of carbonyl (C=O) groups excluding carboxylic acids is 2. The van der Waals surface area contributed by atoms with Gasteiger partial charge in [-0.1, -0.05) is 24.3 Å². The second-order valence-corrected chi connectivity index (χ2v) is 7.75. The number of para-hydroxylation sites is 1. The molecular formula is C23H19FN2O2S. The van der Waals surface area contributed by atoms with Crippen LogP contribution in [0.1, 0.15) is 15.9 Å². The number of halogens is 1. The average molecular weight is 406 g/mol. The Kier molecular flexibility index (Phi) is 5.62. The molecule has 0 bridgehead atoms. The number of hydrogen-bond donors (Lipinski definition) is 1. The molecule has 2 amide bonds. The first-order valence-corrected chi connectivity index (χ1v) is 10.3. The second kappa shape index (κ2) is 8.49.